The highest BCUT2D eigenvalue weighted by molar-refractivity contribution is 6.99. The number of rotatable bonds is 12. The number of benzene rings is 2. The van der Waals surface area contributed by atoms with Crippen molar-refractivity contribution in [2.45, 2.75) is 52.7 Å². The lowest BCUT2D eigenvalue weighted by atomic mass is 9.94. The number of hydrogen-bond donors (Lipinski definition) is 0. The zero-order chi connectivity index (χ0) is 24.5. The molecule has 2 aromatic rings. The molecule has 182 valence electrons. The molecule has 0 aliphatic carbocycles. The summed E-state index contributed by atoms with van der Waals surface area (Å²) in [5.41, 5.74) is 0. The van der Waals surface area contributed by atoms with E-state index in [4.69, 9.17) is 18.6 Å². The van der Waals surface area contributed by atoms with Crippen molar-refractivity contribution >= 4 is 24.7 Å². The van der Waals surface area contributed by atoms with Gasteiger partial charge in [-0.15, -0.1) is 0 Å². The summed E-state index contributed by atoms with van der Waals surface area (Å²) in [6.45, 7) is 13.4. The smallest absolute Gasteiger partial charge is 0.311 e. The van der Waals surface area contributed by atoms with E-state index in [1.165, 1.54) is 10.4 Å². The number of methoxy groups -OCH3 is 1. The first-order chi connectivity index (χ1) is 15.7. The maximum Gasteiger partial charge on any atom is 0.311 e. The van der Waals surface area contributed by atoms with Gasteiger partial charge in [0.05, 0.1) is 18.6 Å². The summed E-state index contributed by atoms with van der Waals surface area (Å²) in [5.74, 6) is -0.755. The van der Waals surface area contributed by atoms with Crippen molar-refractivity contribution < 1.29 is 23.4 Å². The van der Waals surface area contributed by atoms with Crippen molar-refractivity contribution in [1.29, 1.82) is 0 Å². The van der Waals surface area contributed by atoms with E-state index in [-0.39, 0.29) is 29.8 Å². The van der Waals surface area contributed by atoms with Gasteiger partial charge in [0.15, 0.2) is 0 Å². The standard InChI is InChI=1S/C27H40O5Si/c1-8-30-26(28)22(3)25(31-20-29-7)21(2)19-32-33(27(4,5)6,23-15-11-9-12-16-23)24-17-13-10-14-18-24/h9-18,21-22,25H,8,19-20H2,1-7H3/t21-,22+,25-/m1/s1. The first kappa shape index (κ1) is 27.3. The van der Waals surface area contributed by atoms with Gasteiger partial charge in [0, 0.05) is 19.6 Å². The normalized spacial score (nSPS) is 15.0. The average Bonchev–Trinajstić information content (AvgIpc) is 2.80. The van der Waals surface area contributed by atoms with Gasteiger partial charge in [-0.05, 0) is 29.3 Å². The van der Waals surface area contributed by atoms with Crippen LogP contribution in [0.1, 0.15) is 41.5 Å². The molecule has 0 spiro atoms. The second kappa shape index (κ2) is 12.5. The van der Waals surface area contributed by atoms with Gasteiger partial charge in [0.25, 0.3) is 8.32 Å². The minimum Gasteiger partial charge on any atom is -0.466 e. The van der Waals surface area contributed by atoms with Crippen LogP contribution in [0.4, 0.5) is 0 Å². The quantitative estimate of drug-likeness (QED) is 0.261. The van der Waals surface area contributed by atoms with Crippen LogP contribution in [-0.4, -0.2) is 47.5 Å². The lowest BCUT2D eigenvalue weighted by Crippen LogP contribution is -2.67. The number of hydrogen-bond acceptors (Lipinski definition) is 5. The van der Waals surface area contributed by atoms with Gasteiger partial charge in [-0.2, -0.15) is 0 Å². The predicted octanol–water partition coefficient (Wildman–Crippen LogP) is 4.39. The summed E-state index contributed by atoms with van der Waals surface area (Å²) in [6, 6.07) is 21.1. The van der Waals surface area contributed by atoms with Crippen LogP contribution in [0.15, 0.2) is 60.7 Å². The van der Waals surface area contributed by atoms with E-state index in [9.17, 15) is 4.79 Å². The molecule has 0 N–H and O–H groups in total. The van der Waals surface area contributed by atoms with Gasteiger partial charge in [-0.3, -0.25) is 4.79 Å². The third kappa shape index (κ3) is 6.54. The van der Waals surface area contributed by atoms with Crippen LogP contribution in [0.3, 0.4) is 0 Å². The zero-order valence-electron chi connectivity index (χ0n) is 21.2. The van der Waals surface area contributed by atoms with Crippen LogP contribution in [-0.2, 0) is 23.4 Å². The second-order valence-corrected chi connectivity index (χ2v) is 13.8. The molecule has 2 rings (SSSR count). The Hall–Kier alpha value is -1.99. The van der Waals surface area contributed by atoms with Crippen molar-refractivity contribution in [2.24, 2.45) is 11.8 Å². The summed E-state index contributed by atoms with van der Waals surface area (Å²) in [6.07, 6.45) is -0.387. The van der Waals surface area contributed by atoms with Crippen molar-refractivity contribution in [2.75, 3.05) is 27.1 Å². The predicted molar refractivity (Wildman–Crippen MR) is 135 cm³/mol. The molecule has 0 saturated carbocycles. The molecule has 3 atom stereocenters. The molecule has 0 fully saturated rings. The fourth-order valence-electron chi connectivity index (χ4n) is 4.47. The first-order valence-electron chi connectivity index (χ1n) is 11.7. The zero-order valence-corrected chi connectivity index (χ0v) is 22.2. The fourth-order valence-corrected chi connectivity index (χ4v) is 9.14. The van der Waals surface area contributed by atoms with E-state index >= 15 is 0 Å². The summed E-state index contributed by atoms with van der Waals surface area (Å²) in [5, 5.41) is 2.33. The number of carbonyl (C=O) groups is 1. The van der Waals surface area contributed by atoms with E-state index in [1.54, 1.807) is 7.11 Å². The minimum atomic E-state index is -2.67. The molecule has 0 aliphatic heterocycles. The Labute approximate surface area is 200 Å². The Morgan fingerprint density at radius 1 is 0.939 bits per heavy atom. The Kier molecular flexibility index (Phi) is 10.3. The van der Waals surface area contributed by atoms with E-state index in [0.29, 0.717) is 13.2 Å². The molecular formula is C27H40O5Si. The largest absolute Gasteiger partial charge is 0.466 e. The third-order valence-corrected chi connectivity index (χ3v) is 11.1. The van der Waals surface area contributed by atoms with Crippen molar-refractivity contribution in [3.05, 3.63) is 60.7 Å². The second-order valence-electron chi connectivity index (χ2n) is 9.53. The molecule has 0 bridgehead atoms. The van der Waals surface area contributed by atoms with Crippen molar-refractivity contribution in [1.82, 2.24) is 0 Å². The lowest BCUT2D eigenvalue weighted by molar-refractivity contribution is -0.162. The molecule has 0 aliphatic rings. The highest BCUT2D eigenvalue weighted by atomic mass is 28.4. The minimum absolute atomic E-state index is 0.0544. The molecule has 0 radical (unpaired) electrons. The SMILES string of the molecule is CCOC(=O)[C@@H](C)[C@H](OCOC)[C@H](C)CO[Si](c1ccccc1)(c1ccccc1)C(C)(C)C. The molecule has 0 aromatic heterocycles. The monoisotopic (exact) mass is 472 g/mol. The number of carbonyl (C=O) groups excluding carboxylic acids is 1. The molecule has 5 nitrogen and oxygen atoms in total. The lowest BCUT2D eigenvalue weighted by Gasteiger charge is -2.44. The fraction of sp³-hybridized carbons (Fsp3) is 0.519. The Balaban J connectivity index is 2.42. The maximum absolute atomic E-state index is 12.5. The molecule has 0 amide bonds. The third-order valence-electron chi connectivity index (χ3n) is 6.07. The van der Waals surface area contributed by atoms with Gasteiger partial charge >= 0.3 is 5.97 Å². The molecule has 0 saturated heterocycles. The molecule has 33 heavy (non-hydrogen) atoms. The van der Waals surface area contributed by atoms with Crippen molar-refractivity contribution in [3.8, 4) is 0 Å². The summed E-state index contributed by atoms with van der Waals surface area (Å²) >= 11 is 0. The van der Waals surface area contributed by atoms with E-state index in [0.717, 1.165) is 0 Å². The van der Waals surface area contributed by atoms with Gasteiger partial charge in [0.2, 0.25) is 0 Å². The number of esters is 1. The summed E-state index contributed by atoms with van der Waals surface area (Å²) < 4.78 is 23.4. The van der Waals surface area contributed by atoms with Crippen LogP contribution in [0.2, 0.25) is 5.04 Å². The molecular weight excluding hydrogens is 432 g/mol. The Bertz CT molecular complexity index is 795. The van der Waals surface area contributed by atoms with Crippen LogP contribution in [0.5, 0.6) is 0 Å². The Morgan fingerprint density at radius 2 is 1.45 bits per heavy atom. The van der Waals surface area contributed by atoms with Crippen LogP contribution in [0.25, 0.3) is 0 Å². The van der Waals surface area contributed by atoms with E-state index in [1.807, 2.05) is 26.0 Å². The average molecular weight is 473 g/mol. The summed E-state index contributed by atoms with van der Waals surface area (Å²) in [4.78, 5) is 12.5. The highest BCUT2D eigenvalue weighted by Gasteiger charge is 2.50. The maximum atomic E-state index is 12.5. The molecule has 0 unspecified atom stereocenters. The van der Waals surface area contributed by atoms with E-state index < -0.39 is 14.2 Å². The Morgan fingerprint density at radius 3 is 1.88 bits per heavy atom. The molecule has 0 heterocycles. The van der Waals surface area contributed by atoms with Crippen LogP contribution in [0, 0.1) is 11.8 Å². The molecule has 2 aromatic carbocycles. The molecule has 6 heteroatoms. The number of ether oxygens (including phenoxy) is 3. The van der Waals surface area contributed by atoms with Gasteiger partial charge in [-0.25, -0.2) is 0 Å². The summed E-state index contributed by atoms with van der Waals surface area (Å²) in [7, 11) is -1.09. The topological polar surface area (TPSA) is 54.0 Å². The highest BCUT2D eigenvalue weighted by Crippen LogP contribution is 2.37. The van der Waals surface area contributed by atoms with Gasteiger partial charge in [0.1, 0.15) is 6.79 Å². The van der Waals surface area contributed by atoms with E-state index in [2.05, 4.69) is 76.2 Å². The van der Waals surface area contributed by atoms with Gasteiger partial charge < -0.3 is 18.6 Å². The first-order valence-corrected chi connectivity index (χ1v) is 13.6. The van der Waals surface area contributed by atoms with Crippen LogP contribution < -0.4 is 10.4 Å². The van der Waals surface area contributed by atoms with Gasteiger partial charge in [-0.1, -0.05) is 88.4 Å². The van der Waals surface area contributed by atoms with Crippen molar-refractivity contribution in [3.63, 3.8) is 0 Å². The van der Waals surface area contributed by atoms with Crippen LogP contribution >= 0.6 is 0 Å².